The van der Waals surface area contributed by atoms with Crippen molar-refractivity contribution in [2.45, 2.75) is 32.8 Å². The van der Waals surface area contributed by atoms with Gasteiger partial charge in [0.05, 0.1) is 26.9 Å². The van der Waals surface area contributed by atoms with Crippen LogP contribution in [-0.2, 0) is 11.2 Å². The molecule has 0 bridgehead atoms. The molecule has 1 aliphatic rings. The van der Waals surface area contributed by atoms with Crippen LogP contribution in [0.4, 0.5) is 0 Å². The Bertz CT molecular complexity index is 458. The van der Waals surface area contributed by atoms with E-state index >= 15 is 0 Å². The van der Waals surface area contributed by atoms with E-state index in [-0.39, 0.29) is 6.10 Å². The van der Waals surface area contributed by atoms with E-state index in [1.54, 1.807) is 14.2 Å². The van der Waals surface area contributed by atoms with Crippen LogP contribution in [0.5, 0.6) is 11.5 Å². The molecule has 2 rings (SSSR count). The summed E-state index contributed by atoms with van der Waals surface area (Å²) < 4.78 is 16.8. The van der Waals surface area contributed by atoms with E-state index in [2.05, 4.69) is 30.9 Å². The quantitative estimate of drug-likeness (QED) is 0.773. The average molecular weight is 293 g/mol. The highest BCUT2D eigenvalue weighted by Crippen LogP contribution is 2.38. The molecule has 0 saturated carbocycles. The molecular weight excluding hydrogens is 266 g/mol. The second kappa shape index (κ2) is 7.66. The molecule has 0 N–H and O–H groups in total. The summed E-state index contributed by atoms with van der Waals surface area (Å²) in [6.45, 7) is 8.42. The first-order valence-electron chi connectivity index (χ1n) is 7.82. The molecule has 1 atom stereocenters. The first-order valence-corrected chi connectivity index (χ1v) is 7.82. The van der Waals surface area contributed by atoms with Crippen molar-refractivity contribution in [2.24, 2.45) is 0 Å². The molecule has 4 heteroatoms. The van der Waals surface area contributed by atoms with Crippen LogP contribution < -0.4 is 9.47 Å². The highest BCUT2D eigenvalue weighted by Gasteiger charge is 2.23. The summed E-state index contributed by atoms with van der Waals surface area (Å²) in [4.78, 5) is 2.43. The standard InChI is InChI=1S/C17H27NO3/c1-5-18(6-2)9-7-15-14-12-17(20-4)16(19-3)11-13(14)8-10-21-15/h11-12,15H,5-10H2,1-4H3. The van der Waals surface area contributed by atoms with E-state index < -0.39 is 0 Å². The Morgan fingerprint density at radius 3 is 2.43 bits per heavy atom. The maximum absolute atomic E-state index is 5.99. The smallest absolute Gasteiger partial charge is 0.161 e. The molecule has 0 amide bonds. The van der Waals surface area contributed by atoms with Crippen LogP contribution in [0.2, 0.25) is 0 Å². The molecular formula is C17H27NO3. The van der Waals surface area contributed by atoms with Gasteiger partial charge in [-0.1, -0.05) is 13.8 Å². The topological polar surface area (TPSA) is 30.9 Å². The third-order valence-electron chi connectivity index (χ3n) is 4.28. The van der Waals surface area contributed by atoms with Crippen LogP contribution in [0.1, 0.15) is 37.5 Å². The lowest BCUT2D eigenvalue weighted by Gasteiger charge is -2.29. The molecule has 1 unspecified atom stereocenters. The van der Waals surface area contributed by atoms with Crippen LogP contribution in [0.3, 0.4) is 0 Å². The Labute approximate surface area is 128 Å². The number of rotatable bonds is 7. The van der Waals surface area contributed by atoms with Gasteiger partial charge in [0.2, 0.25) is 0 Å². The summed E-state index contributed by atoms with van der Waals surface area (Å²) >= 11 is 0. The summed E-state index contributed by atoms with van der Waals surface area (Å²) in [6.07, 6.45) is 2.12. The Hall–Kier alpha value is -1.26. The molecule has 0 saturated heterocycles. The van der Waals surface area contributed by atoms with Crippen LogP contribution >= 0.6 is 0 Å². The zero-order valence-electron chi connectivity index (χ0n) is 13.6. The number of nitrogens with zero attached hydrogens (tertiary/aromatic N) is 1. The van der Waals surface area contributed by atoms with Crippen molar-refractivity contribution in [3.63, 3.8) is 0 Å². The zero-order valence-corrected chi connectivity index (χ0v) is 13.6. The molecule has 0 spiro atoms. The van der Waals surface area contributed by atoms with Crippen LogP contribution in [0.15, 0.2) is 12.1 Å². The van der Waals surface area contributed by atoms with Crippen LogP contribution in [-0.4, -0.2) is 45.4 Å². The number of ether oxygens (including phenoxy) is 3. The molecule has 0 fully saturated rings. The fraction of sp³-hybridized carbons (Fsp3) is 0.647. The van der Waals surface area contributed by atoms with Crippen LogP contribution in [0.25, 0.3) is 0 Å². The largest absolute Gasteiger partial charge is 0.493 e. The third kappa shape index (κ3) is 3.69. The maximum Gasteiger partial charge on any atom is 0.161 e. The van der Waals surface area contributed by atoms with Gasteiger partial charge in [-0.25, -0.2) is 0 Å². The lowest BCUT2D eigenvalue weighted by molar-refractivity contribution is 0.0297. The number of hydrogen-bond acceptors (Lipinski definition) is 4. The van der Waals surface area contributed by atoms with Gasteiger partial charge in [0, 0.05) is 6.54 Å². The summed E-state index contributed by atoms with van der Waals surface area (Å²) in [5.41, 5.74) is 2.58. The van der Waals surface area contributed by atoms with Gasteiger partial charge in [-0.15, -0.1) is 0 Å². The van der Waals surface area contributed by atoms with Gasteiger partial charge in [0.1, 0.15) is 0 Å². The Kier molecular flexibility index (Phi) is 5.88. The molecule has 0 aliphatic carbocycles. The van der Waals surface area contributed by atoms with Gasteiger partial charge in [-0.3, -0.25) is 0 Å². The fourth-order valence-corrected chi connectivity index (χ4v) is 2.93. The molecule has 0 radical (unpaired) electrons. The Morgan fingerprint density at radius 2 is 1.81 bits per heavy atom. The number of benzene rings is 1. The van der Waals surface area contributed by atoms with Gasteiger partial charge >= 0.3 is 0 Å². The van der Waals surface area contributed by atoms with Crippen molar-refractivity contribution in [3.8, 4) is 11.5 Å². The van der Waals surface area contributed by atoms with E-state index in [1.807, 2.05) is 0 Å². The highest BCUT2D eigenvalue weighted by molar-refractivity contribution is 5.48. The van der Waals surface area contributed by atoms with Crippen molar-refractivity contribution in [3.05, 3.63) is 23.3 Å². The first kappa shape index (κ1) is 16.1. The number of methoxy groups -OCH3 is 2. The zero-order chi connectivity index (χ0) is 15.2. The molecule has 1 aromatic carbocycles. The van der Waals surface area contributed by atoms with Crippen molar-refractivity contribution in [1.82, 2.24) is 4.90 Å². The second-order valence-corrected chi connectivity index (χ2v) is 5.33. The fourth-order valence-electron chi connectivity index (χ4n) is 2.93. The Balaban J connectivity index is 2.18. The SMILES string of the molecule is CCN(CC)CCC1OCCc2cc(OC)c(OC)cc21. The van der Waals surface area contributed by atoms with Crippen molar-refractivity contribution < 1.29 is 14.2 Å². The maximum atomic E-state index is 5.99. The minimum absolute atomic E-state index is 0.161. The highest BCUT2D eigenvalue weighted by atomic mass is 16.5. The number of hydrogen-bond donors (Lipinski definition) is 0. The summed E-state index contributed by atoms with van der Waals surface area (Å²) in [7, 11) is 3.36. The first-order chi connectivity index (χ1) is 10.2. The predicted molar refractivity (Wildman–Crippen MR) is 84.3 cm³/mol. The molecule has 118 valence electrons. The minimum atomic E-state index is 0.161. The van der Waals surface area contributed by atoms with Gasteiger partial charge < -0.3 is 19.1 Å². The normalized spacial score (nSPS) is 17.7. The summed E-state index contributed by atoms with van der Waals surface area (Å²) in [6, 6.07) is 4.18. The molecule has 4 nitrogen and oxygen atoms in total. The van der Waals surface area contributed by atoms with Crippen molar-refractivity contribution >= 4 is 0 Å². The van der Waals surface area contributed by atoms with E-state index in [0.29, 0.717) is 0 Å². The third-order valence-corrected chi connectivity index (χ3v) is 4.28. The number of fused-ring (bicyclic) bond motifs is 1. The summed E-state index contributed by atoms with van der Waals surface area (Å²) in [5, 5.41) is 0. The Morgan fingerprint density at radius 1 is 1.14 bits per heavy atom. The lowest BCUT2D eigenvalue weighted by Crippen LogP contribution is -2.27. The summed E-state index contributed by atoms with van der Waals surface area (Å²) in [5.74, 6) is 1.59. The monoisotopic (exact) mass is 293 g/mol. The molecule has 1 aliphatic heterocycles. The van der Waals surface area contributed by atoms with Crippen molar-refractivity contribution in [1.29, 1.82) is 0 Å². The minimum Gasteiger partial charge on any atom is -0.493 e. The van der Waals surface area contributed by atoms with E-state index in [9.17, 15) is 0 Å². The molecule has 0 aromatic heterocycles. The van der Waals surface area contributed by atoms with Gasteiger partial charge in [0.15, 0.2) is 11.5 Å². The van der Waals surface area contributed by atoms with E-state index in [0.717, 1.165) is 50.6 Å². The van der Waals surface area contributed by atoms with Gasteiger partial charge in [-0.2, -0.15) is 0 Å². The predicted octanol–water partition coefficient (Wildman–Crippen LogP) is 3.05. The second-order valence-electron chi connectivity index (χ2n) is 5.33. The van der Waals surface area contributed by atoms with Crippen molar-refractivity contribution in [2.75, 3.05) is 40.5 Å². The molecule has 1 aromatic rings. The molecule has 1 heterocycles. The lowest BCUT2D eigenvalue weighted by atomic mass is 9.94. The average Bonchev–Trinajstić information content (AvgIpc) is 2.54. The molecule has 21 heavy (non-hydrogen) atoms. The van der Waals surface area contributed by atoms with E-state index in [4.69, 9.17) is 14.2 Å². The van der Waals surface area contributed by atoms with E-state index in [1.165, 1.54) is 11.1 Å². The van der Waals surface area contributed by atoms with Gasteiger partial charge in [-0.05, 0) is 49.2 Å². The van der Waals surface area contributed by atoms with Gasteiger partial charge in [0.25, 0.3) is 0 Å². The van der Waals surface area contributed by atoms with Crippen LogP contribution in [0, 0.1) is 0 Å².